The summed E-state index contributed by atoms with van der Waals surface area (Å²) in [7, 11) is 0. The fourth-order valence-corrected chi connectivity index (χ4v) is 4.06. The van der Waals surface area contributed by atoms with Crippen molar-refractivity contribution in [2.45, 2.75) is 36.0 Å². The van der Waals surface area contributed by atoms with Crippen molar-refractivity contribution in [3.8, 4) is 0 Å². The van der Waals surface area contributed by atoms with Gasteiger partial charge in [0.15, 0.2) is 0 Å². The van der Waals surface area contributed by atoms with Gasteiger partial charge in [0, 0.05) is 15.2 Å². The van der Waals surface area contributed by atoms with E-state index in [4.69, 9.17) is 0 Å². The second-order valence-corrected chi connectivity index (χ2v) is 6.31. The second kappa shape index (κ2) is 3.64. The molecule has 0 spiro atoms. The summed E-state index contributed by atoms with van der Waals surface area (Å²) >= 11 is 1.90. The van der Waals surface area contributed by atoms with E-state index in [9.17, 15) is 0 Å². The van der Waals surface area contributed by atoms with Crippen LogP contribution < -0.4 is 0 Å². The lowest BCUT2D eigenvalue weighted by molar-refractivity contribution is 0.607. The quantitative estimate of drug-likeness (QED) is 0.638. The molecule has 17 heavy (non-hydrogen) atoms. The van der Waals surface area contributed by atoms with Gasteiger partial charge in [-0.05, 0) is 35.7 Å². The molecule has 86 valence electrons. The van der Waals surface area contributed by atoms with Gasteiger partial charge in [0.1, 0.15) is 0 Å². The lowest BCUT2D eigenvalue weighted by Gasteiger charge is -2.34. The largest absolute Gasteiger partial charge is 0.0894 e. The number of aryl methyl sites for hydroxylation is 1. The number of fused-ring (bicyclic) bond motifs is 2. The van der Waals surface area contributed by atoms with E-state index in [-0.39, 0.29) is 5.41 Å². The first-order valence-electron chi connectivity index (χ1n) is 5.97. The van der Waals surface area contributed by atoms with Crippen LogP contribution in [0.1, 0.15) is 30.5 Å². The topological polar surface area (TPSA) is 0 Å². The van der Waals surface area contributed by atoms with Crippen LogP contribution in [0.15, 0.2) is 52.3 Å². The first-order chi connectivity index (χ1) is 8.09. The van der Waals surface area contributed by atoms with E-state index in [2.05, 4.69) is 63.2 Å². The van der Waals surface area contributed by atoms with Crippen LogP contribution in [0.4, 0.5) is 0 Å². The summed E-state index contributed by atoms with van der Waals surface area (Å²) in [5.74, 6) is 0. The van der Waals surface area contributed by atoms with Gasteiger partial charge in [-0.15, -0.1) is 0 Å². The average molecular weight is 240 g/mol. The van der Waals surface area contributed by atoms with Gasteiger partial charge in [0.25, 0.3) is 0 Å². The molecule has 0 unspecified atom stereocenters. The van der Waals surface area contributed by atoms with Crippen molar-refractivity contribution in [2.24, 2.45) is 0 Å². The molecular formula is C16H16S. The molecule has 0 aliphatic carbocycles. The van der Waals surface area contributed by atoms with Gasteiger partial charge in [0.2, 0.25) is 0 Å². The third-order valence-electron chi connectivity index (χ3n) is 3.59. The van der Waals surface area contributed by atoms with E-state index in [0.717, 1.165) is 0 Å². The number of hydrogen-bond acceptors (Lipinski definition) is 1. The Morgan fingerprint density at radius 3 is 2.41 bits per heavy atom. The average Bonchev–Trinajstić information content (AvgIpc) is 2.28. The Morgan fingerprint density at radius 1 is 0.882 bits per heavy atom. The van der Waals surface area contributed by atoms with Crippen molar-refractivity contribution >= 4 is 11.8 Å². The maximum absolute atomic E-state index is 2.32. The zero-order valence-electron chi connectivity index (χ0n) is 10.4. The first kappa shape index (κ1) is 10.9. The molecule has 1 heteroatoms. The highest BCUT2D eigenvalue weighted by Gasteiger charge is 2.32. The number of rotatable bonds is 0. The van der Waals surface area contributed by atoms with Gasteiger partial charge >= 0.3 is 0 Å². The molecule has 0 nitrogen and oxygen atoms in total. The Morgan fingerprint density at radius 2 is 1.59 bits per heavy atom. The van der Waals surface area contributed by atoms with Crippen molar-refractivity contribution in [1.82, 2.24) is 0 Å². The normalized spacial score (nSPS) is 16.2. The Labute approximate surface area is 107 Å². The smallest absolute Gasteiger partial charge is 0.0168 e. The molecule has 0 aromatic heterocycles. The molecular weight excluding hydrogens is 224 g/mol. The lowest BCUT2D eigenvalue weighted by Crippen LogP contribution is -2.23. The zero-order valence-corrected chi connectivity index (χ0v) is 11.3. The van der Waals surface area contributed by atoms with Crippen LogP contribution in [0.5, 0.6) is 0 Å². The Hall–Kier alpha value is -1.21. The van der Waals surface area contributed by atoms with E-state index in [1.165, 1.54) is 26.5 Å². The van der Waals surface area contributed by atoms with Crippen molar-refractivity contribution in [2.75, 3.05) is 0 Å². The van der Waals surface area contributed by atoms with Gasteiger partial charge in [0.05, 0.1) is 0 Å². The third-order valence-corrected chi connectivity index (χ3v) is 4.72. The molecule has 2 aromatic rings. The van der Waals surface area contributed by atoms with E-state index in [0.29, 0.717) is 0 Å². The molecule has 1 aliphatic rings. The lowest BCUT2D eigenvalue weighted by atomic mass is 9.77. The van der Waals surface area contributed by atoms with Crippen molar-refractivity contribution in [3.05, 3.63) is 59.2 Å². The van der Waals surface area contributed by atoms with Gasteiger partial charge in [-0.1, -0.05) is 55.9 Å². The van der Waals surface area contributed by atoms with E-state index in [1.807, 2.05) is 11.8 Å². The molecule has 3 rings (SSSR count). The highest BCUT2D eigenvalue weighted by Crippen LogP contribution is 2.48. The summed E-state index contributed by atoms with van der Waals surface area (Å²) < 4.78 is 0. The minimum atomic E-state index is 0.116. The van der Waals surface area contributed by atoms with Crippen molar-refractivity contribution < 1.29 is 0 Å². The van der Waals surface area contributed by atoms with E-state index in [1.54, 1.807) is 0 Å². The highest BCUT2D eigenvalue weighted by molar-refractivity contribution is 7.99. The fourth-order valence-electron chi connectivity index (χ4n) is 2.57. The summed E-state index contributed by atoms with van der Waals surface area (Å²) in [6, 6.07) is 15.6. The van der Waals surface area contributed by atoms with E-state index < -0.39 is 0 Å². The summed E-state index contributed by atoms with van der Waals surface area (Å²) in [4.78, 5) is 2.81. The summed E-state index contributed by atoms with van der Waals surface area (Å²) in [5.41, 5.74) is 4.35. The summed E-state index contributed by atoms with van der Waals surface area (Å²) in [6.45, 7) is 6.80. The van der Waals surface area contributed by atoms with Gasteiger partial charge in [-0.3, -0.25) is 0 Å². The van der Waals surface area contributed by atoms with Gasteiger partial charge < -0.3 is 0 Å². The zero-order chi connectivity index (χ0) is 12.0. The second-order valence-electron chi connectivity index (χ2n) is 5.22. The van der Waals surface area contributed by atoms with Crippen LogP contribution in [-0.4, -0.2) is 0 Å². The molecule has 0 amide bonds. The molecule has 0 N–H and O–H groups in total. The molecule has 0 bridgehead atoms. The minimum absolute atomic E-state index is 0.116. The predicted octanol–water partition coefficient (Wildman–Crippen LogP) is 4.79. The highest BCUT2D eigenvalue weighted by atomic mass is 32.2. The number of hydrogen-bond donors (Lipinski definition) is 0. The monoisotopic (exact) mass is 240 g/mol. The third kappa shape index (κ3) is 1.61. The van der Waals surface area contributed by atoms with Crippen LogP contribution in [0, 0.1) is 6.92 Å². The Balaban J connectivity index is 2.26. The van der Waals surface area contributed by atoms with Gasteiger partial charge in [-0.25, -0.2) is 0 Å². The SMILES string of the molecule is Cc1ccc2c(c1)Sc1ccccc1C2(C)C. The van der Waals surface area contributed by atoms with Crippen LogP contribution in [0.2, 0.25) is 0 Å². The van der Waals surface area contributed by atoms with Crippen LogP contribution >= 0.6 is 11.8 Å². The molecule has 1 heterocycles. The molecule has 1 aliphatic heterocycles. The van der Waals surface area contributed by atoms with Crippen LogP contribution in [-0.2, 0) is 5.41 Å². The maximum Gasteiger partial charge on any atom is 0.0168 e. The Kier molecular flexibility index (Phi) is 2.34. The molecule has 0 radical (unpaired) electrons. The minimum Gasteiger partial charge on any atom is -0.0894 e. The molecule has 0 fully saturated rings. The van der Waals surface area contributed by atoms with Crippen molar-refractivity contribution in [1.29, 1.82) is 0 Å². The number of benzene rings is 2. The van der Waals surface area contributed by atoms with Crippen LogP contribution in [0.3, 0.4) is 0 Å². The van der Waals surface area contributed by atoms with Gasteiger partial charge in [-0.2, -0.15) is 0 Å². The van der Waals surface area contributed by atoms with Crippen LogP contribution in [0.25, 0.3) is 0 Å². The standard InChI is InChI=1S/C16H16S/c1-11-8-9-13-15(10-11)17-14-7-5-4-6-12(14)16(13,2)3/h4-10H,1-3H3. The molecule has 0 atom stereocenters. The molecule has 0 saturated heterocycles. The molecule has 0 saturated carbocycles. The summed E-state index contributed by atoms with van der Waals surface area (Å²) in [5, 5.41) is 0. The molecule has 2 aromatic carbocycles. The first-order valence-corrected chi connectivity index (χ1v) is 6.79. The van der Waals surface area contributed by atoms with E-state index >= 15 is 0 Å². The summed E-state index contributed by atoms with van der Waals surface area (Å²) in [6.07, 6.45) is 0. The maximum atomic E-state index is 2.32. The fraction of sp³-hybridized carbons (Fsp3) is 0.250. The van der Waals surface area contributed by atoms with Crippen molar-refractivity contribution in [3.63, 3.8) is 0 Å². The predicted molar refractivity (Wildman–Crippen MR) is 73.9 cm³/mol. The Bertz CT molecular complexity index is 582.